The van der Waals surface area contributed by atoms with Crippen LogP contribution in [0.1, 0.15) is 22.2 Å². The molecule has 1 aromatic carbocycles. The van der Waals surface area contributed by atoms with Crippen LogP contribution >= 0.6 is 11.3 Å². The maximum atomic E-state index is 12.3. The lowest BCUT2D eigenvalue weighted by atomic mass is 10.1. The highest BCUT2D eigenvalue weighted by atomic mass is 32.1. The summed E-state index contributed by atoms with van der Waals surface area (Å²) < 4.78 is 5.09. The van der Waals surface area contributed by atoms with Crippen LogP contribution in [0.2, 0.25) is 0 Å². The van der Waals surface area contributed by atoms with Gasteiger partial charge in [-0.3, -0.25) is 9.69 Å². The van der Waals surface area contributed by atoms with E-state index >= 15 is 0 Å². The summed E-state index contributed by atoms with van der Waals surface area (Å²) in [6.45, 7) is 6.65. The summed E-state index contributed by atoms with van der Waals surface area (Å²) in [6.07, 6.45) is 0.937. The number of hydrogen-bond donors (Lipinski definition) is 1. The largest absolute Gasteiger partial charge is 0.383 e. The minimum absolute atomic E-state index is 0.0254. The molecule has 25 heavy (non-hydrogen) atoms. The number of nitrogens with zero attached hydrogens (tertiary/aromatic N) is 1. The standard InChI is InChI=1S/C20H28N2O2S/c1-16(15-24-3)21-20(23)14-22(13-19-10-9-17(2)25-19)12-11-18-7-5-4-6-8-18/h4-10,16H,11-15H2,1-3H3,(H,21,23). The van der Waals surface area contributed by atoms with Crippen LogP contribution in [-0.2, 0) is 22.5 Å². The Bertz CT molecular complexity index is 642. The van der Waals surface area contributed by atoms with Gasteiger partial charge in [-0.1, -0.05) is 30.3 Å². The van der Waals surface area contributed by atoms with Crippen LogP contribution in [0.4, 0.5) is 0 Å². The van der Waals surface area contributed by atoms with Gasteiger partial charge in [0.15, 0.2) is 0 Å². The predicted octanol–water partition coefficient (Wildman–Crippen LogP) is 3.25. The molecule has 0 aliphatic heterocycles. The van der Waals surface area contributed by atoms with Gasteiger partial charge in [-0.25, -0.2) is 0 Å². The number of methoxy groups -OCH3 is 1. The lowest BCUT2D eigenvalue weighted by molar-refractivity contribution is -0.123. The van der Waals surface area contributed by atoms with Crippen LogP contribution in [0.25, 0.3) is 0 Å². The predicted molar refractivity (Wildman–Crippen MR) is 104 cm³/mol. The quantitative estimate of drug-likeness (QED) is 0.707. The number of amides is 1. The van der Waals surface area contributed by atoms with Crippen molar-refractivity contribution in [2.75, 3.05) is 26.8 Å². The van der Waals surface area contributed by atoms with Gasteiger partial charge in [0.05, 0.1) is 13.2 Å². The number of thiophene rings is 1. The van der Waals surface area contributed by atoms with Crippen molar-refractivity contribution in [2.24, 2.45) is 0 Å². The zero-order valence-electron chi connectivity index (χ0n) is 15.3. The van der Waals surface area contributed by atoms with Crippen molar-refractivity contribution in [1.29, 1.82) is 0 Å². The molecule has 5 heteroatoms. The summed E-state index contributed by atoms with van der Waals surface area (Å²) in [5.74, 6) is 0.0471. The number of rotatable bonds is 10. The number of benzene rings is 1. The van der Waals surface area contributed by atoms with Crippen molar-refractivity contribution in [3.05, 3.63) is 57.8 Å². The highest BCUT2D eigenvalue weighted by Crippen LogP contribution is 2.17. The van der Waals surface area contributed by atoms with Crippen molar-refractivity contribution in [3.63, 3.8) is 0 Å². The molecule has 2 aromatic rings. The molecular formula is C20H28N2O2S. The van der Waals surface area contributed by atoms with Crippen molar-refractivity contribution < 1.29 is 9.53 Å². The number of hydrogen-bond acceptors (Lipinski definition) is 4. The number of nitrogens with one attached hydrogen (secondary N) is 1. The molecule has 1 amide bonds. The van der Waals surface area contributed by atoms with Crippen LogP contribution in [0, 0.1) is 6.92 Å². The van der Waals surface area contributed by atoms with Gasteiger partial charge >= 0.3 is 0 Å². The molecule has 0 fully saturated rings. The molecule has 0 radical (unpaired) electrons. The zero-order chi connectivity index (χ0) is 18.1. The molecule has 0 bridgehead atoms. The van der Waals surface area contributed by atoms with E-state index in [-0.39, 0.29) is 11.9 Å². The second-order valence-corrected chi connectivity index (χ2v) is 7.75. The third-order valence-electron chi connectivity index (χ3n) is 3.93. The number of ether oxygens (including phenoxy) is 1. The first-order valence-electron chi connectivity index (χ1n) is 8.66. The van der Waals surface area contributed by atoms with Crippen LogP contribution in [0.3, 0.4) is 0 Å². The van der Waals surface area contributed by atoms with E-state index in [1.165, 1.54) is 15.3 Å². The summed E-state index contributed by atoms with van der Waals surface area (Å²) in [6, 6.07) is 14.7. The van der Waals surface area contributed by atoms with E-state index in [1.807, 2.05) is 13.0 Å². The van der Waals surface area contributed by atoms with Crippen molar-refractivity contribution in [3.8, 4) is 0 Å². The average Bonchev–Trinajstić information content (AvgIpc) is 2.98. The molecule has 1 unspecified atom stereocenters. The smallest absolute Gasteiger partial charge is 0.234 e. The Balaban J connectivity index is 1.94. The third kappa shape index (κ3) is 7.38. The summed E-state index contributed by atoms with van der Waals surface area (Å²) in [5, 5.41) is 3.00. The van der Waals surface area contributed by atoms with Crippen LogP contribution in [-0.4, -0.2) is 43.7 Å². The Morgan fingerprint density at radius 2 is 2.00 bits per heavy atom. The van der Waals surface area contributed by atoms with Gasteiger partial charge < -0.3 is 10.1 Å². The Morgan fingerprint density at radius 1 is 1.24 bits per heavy atom. The minimum atomic E-state index is 0.0254. The summed E-state index contributed by atoms with van der Waals surface area (Å²) >= 11 is 1.79. The molecule has 0 spiro atoms. The first kappa shape index (κ1) is 19.6. The Labute approximate surface area is 154 Å². The summed E-state index contributed by atoms with van der Waals surface area (Å²) in [5.41, 5.74) is 1.29. The van der Waals surface area contributed by atoms with E-state index in [0.29, 0.717) is 13.2 Å². The fourth-order valence-electron chi connectivity index (χ4n) is 2.75. The molecule has 1 atom stereocenters. The minimum Gasteiger partial charge on any atom is -0.383 e. The molecule has 4 nitrogen and oxygen atoms in total. The molecule has 0 saturated carbocycles. The first-order valence-corrected chi connectivity index (χ1v) is 9.48. The fraction of sp³-hybridized carbons (Fsp3) is 0.450. The van der Waals surface area contributed by atoms with Gasteiger partial charge in [0.1, 0.15) is 0 Å². The van der Waals surface area contributed by atoms with Crippen molar-refractivity contribution in [2.45, 2.75) is 32.9 Å². The molecule has 1 N–H and O–H groups in total. The maximum absolute atomic E-state index is 12.3. The molecule has 0 aliphatic rings. The van der Waals surface area contributed by atoms with Gasteiger partial charge in [-0.15, -0.1) is 11.3 Å². The lowest BCUT2D eigenvalue weighted by Crippen LogP contribution is -2.42. The lowest BCUT2D eigenvalue weighted by Gasteiger charge is -2.22. The number of aryl methyl sites for hydroxylation is 1. The van der Waals surface area contributed by atoms with E-state index in [0.717, 1.165) is 19.5 Å². The molecule has 0 aliphatic carbocycles. The SMILES string of the molecule is COCC(C)NC(=O)CN(CCc1ccccc1)Cc1ccc(C)s1. The molecule has 2 rings (SSSR count). The molecule has 1 aromatic heterocycles. The van der Waals surface area contributed by atoms with Gasteiger partial charge in [0, 0.05) is 36.0 Å². The highest BCUT2D eigenvalue weighted by Gasteiger charge is 2.14. The molecule has 136 valence electrons. The van der Waals surface area contributed by atoms with E-state index in [1.54, 1.807) is 18.4 Å². The number of carbonyl (C=O) groups is 1. The molecule has 1 heterocycles. The average molecular weight is 361 g/mol. The van der Waals surface area contributed by atoms with Crippen LogP contribution in [0.5, 0.6) is 0 Å². The number of carbonyl (C=O) groups excluding carboxylic acids is 1. The first-order chi connectivity index (χ1) is 12.1. The van der Waals surface area contributed by atoms with E-state index < -0.39 is 0 Å². The third-order valence-corrected chi connectivity index (χ3v) is 4.91. The van der Waals surface area contributed by atoms with E-state index in [2.05, 4.69) is 53.5 Å². The Hall–Kier alpha value is -1.69. The van der Waals surface area contributed by atoms with Crippen LogP contribution < -0.4 is 5.32 Å². The monoisotopic (exact) mass is 360 g/mol. The Kier molecular flexibility index (Phi) is 8.12. The highest BCUT2D eigenvalue weighted by molar-refractivity contribution is 7.11. The van der Waals surface area contributed by atoms with Crippen molar-refractivity contribution in [1.82, 2.24) is 10.2 Å². The zero-order valence-corrected chi connectivity index (χ0v) is 16.1. The fourth-order valence-corrected chi connectivity index (χ4v) is 3.68. The van der Waals surface area contributed by atoms with Gasteiger partial charge in [0.25, 0.3) is 0 Å². The van der Waals surface area contributed by atoms with Gasteiger partial charge in [-0.05, 0) is 38.0 Å². The molecular weight excluding hydrogens is 332 g/mol. The van der Waals surface area contributed by atoms with Crippen LogP contribution in [0.15, 0.2) is 42.5 Å². The van der Waals surface area contributed by atoms with Gasteiger partial charge in [-0.2, -0.15) is 0 Å². The van der Waals surface area contributed by atoms with Crippen molar-refractivity contribution >= 4 is 17.2 Å². The van der Waals surface area contributed by atoms with Gasteiger partial charge in [0.2, 0.25) is 5.91 Å². The second-order valence-electron chi connectivity index (χ2n) is 6.38. The Morgan fingerprint density at radius 3 is 2.64 bits per heavy atom. The molecule has 0 saturated heterocycles. The maximum Gasteiger partial charge on any atom is 0.234 e. The second kappa shape index (κ2) is 10.3. The normalized spacial score (nSPS) is 12.3. The topological polar surface area (TPSA) is 41.6 Å². The summed E-state index contributed by atoms with van der Waals surface area (Å²) in [7, 11) is 1.65. The van der Waals surface area contributed by atoms with E-state index in [9.17, 15) is 4.79 Å². The van der Waals surface area contributed by atoms with E-state index in [4.69, 9.17) is 4.74 Å². The summed E-state index contributed by atoms with van der Waals surface area (Å²) in [4.78, 5) is 17.2.